The SMILES string of the molecule is CCC1O[C@H](O[C@@H]2C(CC)O[C@@H](O[C@H]3C(CC)O[C@H](C)[C@H](C)C3C)C(C)[C@H]2C)[C@H](C)C(C)[C@H]1O[C@@H]1OC(CC)[C@@H](C)[C@H](C)C1C. The standard InChI is InChI=1S/C38H70O7/c1-15-29-21(7)19(5)25(11)36(40-29)44-34-23(9)27(13)38(42-31(34)17-3)45-35-24(10)26(12)37(41-32(35)18-4)43-33-22(8)20(6)28(14)39-30(33)16-2/h19-38H,15-18H2,1-14H3/t19-,20+,21-,22?,23?,24+,25?,26?,27+,28+,29?,30?,31?,32?,33+,34+,35-,36-,37-,38+/m0/s1. The van der Waals surface area contributed by atoms with Crippen molar-refractivity contribution < 1.29 is 33.2 Å². The molecule has 0 N–H and O–H groups in total. The van der Waals surface area contributed by atoms with Gasteiger partial charge in [-0.15, -0.1) is 0 Å². The Hall–Kier alpha value is -0.280. The van der Waals surface area contributed by atoms with Crippen LogP contribution < -0.4 is 0 Å². The van der Waals surface area contributed by atoms with Gasteiger partial charge in [-0.1, -0.05) is 90.0 Å². The van der Waals surface area contributed by atoms with Crippen molar-refractivity contribution in [1.29, 1.82) is 0 Å². The van der Waals surface area contributed by atoms with Crippen molar-refractivity contribution in [2.24, 2.45) is 53.3 Å². The lowest BCUT2D eigenvalue weighted by Gasteiger charge is -2.52. The molecule has 4 aliphatic rings. The van der Waals surface area contributed by atoms with Crippen molar-refractivity contribution in [2.75, 3.05) is 0 Å². The van der Waals surface area contributed by atoms with Crippen LogP contribution in [0.2, 0.25) is 0 Å². The highest BCUT2D eigenvalue weighted by molar-refractivity contribution is 4.93. The number of ether oxygens (including phenoxy) is 7. The Morgan fingerprint density at radius 2 is 0.644 bits per heavy atom. The summed E-state index contributed by atoms with van der Waals surface area (Å²) in [4.78, 5) is 0. The van der Waals surface area contributed by atoms with Crippen LogP contribution in [-0.2, 0) is 33.2 Å². The predicted molar refractivity (Wildman–Crippen MR) is 179 cm³/mol. The Labute approximate surface area is 276 Å². The van der Waals surface area contributed by atoms with Gasteiger partial charge in [0.25, 0.3) is 0 Å². The first kappa shape index (κ1) is 37.5. The minimum atomic E-state index is -0.315. The number of rotatable bonds is 10. The quantitative estimate of drug-likeness (QED) is 0.238. The Balaban J connectivity index is 1.43. The normalized spacial score (nSPS) is 52.9. The van der Waals surface area contributed by atoms with Gasteiger partial charge in [0.2, 0.25) is 0 Å². The van der Waals surface area contributed by atoms with Gasteiger partial charge in [0.1, 0.15) is 0 Å². The van der Waals surface area contributed by atoms with E-state index in [4.69, 9.17) is 33.2 Å². The molecule has 0 aromatic rings. The van der Waals surface area contributed by atoms with Crippen LogP contribution in [0.4, 0.5) is 0 Å². The van der Waals surface area contributed by atoms with Gasteiger partial charge in [-0.2, -0.15) is 0 Å². The van der Waals surface area contributed by atoms with Crippen molar-refractivity contribution in [1.82, 2.24) is 0 Å². The van der Waals surface area contributed by atoms with Crippen molar-refractivity contribution in [2.45, 2.75) is 190 Å². The summed E-state index contributed by atoms with van der Waals surface area (Å²) >= 11 is 0. The van der Waals surface area contributed by atoms with Crippen LogP contribution in [0, 0.1) is 53.3 Å². The van der Waals surface area contributed by atoms with Crippen LogP contribution in [0.15, 0.2) is 0 Å². The van der Waals surface area contributed by atoms with E-state index in [-0.39, 0.29) is 91.4 Å². The zero-order valence-corrected chi connectivity index (χ0v) is 31.2. The molecule has 0 aromatic carbocycles. The molecule has 0 aliphatic carbocycles. The fourth-order valence-electron chi connectivity index (χ4n) is 8.57. The molecule has 4 saturated heterocycles. The Kier molecular flexibility index (Phi) is 13.3. The van der Waals surface area contributed by atoms with Crippen LogP contribution in [-0.4, -0.2) is 67.7 Å². The summed E-state index contributed by atoms with van der Waals surface area (Å²) in [6.07, 6.45) is 3.22. The first-order valence-corrected chi connectivity index (χ1v) is 18.9. The minimum absolute atomic E-state index is 0.0234. The molecule has 0 saturated carbocycles. The molecular weight excluding hydrogens is 568 g/mol. The van der Waals surface area contributed by atoms with Gasteiger partial charge in [0.05, 0.1) is 48.8 Å². The van der Waals surface area contributed by atoms with E-state index in [1.807, 2.05) is 0 Å². The smallest absolute Gasteiger partial charge is 0.161 e. The van der Waals surface area contributed by atoms with E-state index in [2.05, 4.69) is 96.9 Å². The Bertz CT molecular complexity index is 893. The summed E-state index contributed by atoms with van der Waals surface area (Å²) in [5.74, 6) is 3.09. The maximum Gasteiger partial charge on any atom is 0.161 e. The Morgan fingerprint density at radius 1 is 0.333 bits per heavy atom. The van der Waals surface area contributed by atoms with Crippen molar-refractivity contribution in [3.05, 3.63) is 0 Å². The van der Waals surface area contributed by atoms with Crippen LogP contribution in [0.25, 0.3) is 0 Å². The molecule has 7 heteroatoms. The molecule has 4 aliphatic heterocycles. The maximum absolute atomic E-state index is 6.98. The third kappa shape index (κ3) is 7.65. The highest BCUT2D eigenvalue weighted by Crippen LogP contribution is 2.44. The van der Waals surface area contributed by atoms with E-state index in [0.29, 0.717) is 29.6 Å². The first-order valence-electron chi connectivity index (χ1n) is 18.9. The second-order valence-electron chi connectivity index (χ2n) is 15.7. The third-order valence-electron chi connectivity index (χ3n) is 13.2. The van der Waals surface area contributed by atoms with Crippen molar-refractivity contribution >= 4 is 0 Å². The van der Waals surface area contributed by atoms with Crippen molar-refractivity contribution in [3.63, 3.8) is 0 Å². The first-order chi connectivity index (χ1) is 21.3. The van der Waals surface area contributed by atoms with Gasteiger partial charge in [-0.05, 0) is 68.1 Å². The average Bonchev–Trinajstić information content (AvgIpc) is 3.03. The van der Waals surface area contributed by atoms with Gasteiger partial charge >= 0.3 is 0 Å². The van der Waals surface area contributed by atoms with Gasteiger partial charge in [-0.25, -0.2) is 0 Å². The molecule has 7 nitrogen and oxygen atoms in total. The van der Waals surface area contributed by atoms with E-state index >= 15 is 0 Å². The van der Waals surface area contributed by atoms with Gasteiger partial charge < -0.3 is 33.2 Å². The highest BCUT2D eigenvalue weighted by atomic mass is 16.7. The number of hydrogen-bond donors (Lipinski definition) is 0. The van der Waals surface area contributed by atoms with Gasteiger partial charge in [0, 0.05) is 17.8 Å². The highest BCUT2D eigenvalue weighted by Gasteiger charge is 2.51. The van der Waals surface area contributed by atoms with E-state index in [9.17, 15) is 0 Å². The van der Waals surface area contributed by atoms with Crippen molar-refractivity contribution in [3.8, 4) is 0 Å². The maximum atomic E-state index is 6.98. The van der Waals surface area contributed by atoms with Crippen LogP contribution in [0.1, 0.15) is 123 Å². The second-order valence-corrected chi connectivity index (χ2v) is 15.7. The molecule has 45 heavy (non-hydrogen) atoms. The molecular formula is C38H70O7. The molecule has 0 amide bonds. The molecule has 0 radical (unpaired) electrons. The summed E-state index contributed by atoms with van der Waals surface area (Å²) in [7, 11) is 0. The lowest BCUT2D eigenvalue weighted by molar-refractivity contribution is -0.355. The number of hydrogen-bond acceptors (Lipinski definition) is 7. The molecule has 0 aromatic heterocycles. The zero-order valence-electron chi connectivity index (χ0n) is 31.2. The lowest BCUT2D eigenvalue weighted by atomic mass is 9.78. The second kappa shape index (κ2) is 16.0. The molecule has 20 atom stereocenters. The predicted octanol–water partition coefficient (Wildman–Crippen LogP) is 8.47. The van der Waals surface area contributed by atoms with Crippen LogP contribution in [0.5, 0.6) is 0 Å². The molecule has 4 rings (SSSR count). The molecule has 264 valence electrons. The fourth-order valence-corrected chi connectivity index (χ4v) is 8.57. The van der Waals surface area contributed by atoms with E-state index in [1.165, 1.54) is 0 Å². The summed E-state index contributed by atoms with van der Waals surface area (Å²) in [6.45, 7) is 31.6. The zero-order chi connectivity index (χ0) is 33.3. The van der Waals surface area contributed by atoms with E-state index in [1.54, 1.807) is 0 Å². The molecule has 0 spiro atoms. The van der Waals surface area contributed by atoms with E-state index < -0.39 is 0 Å². The van der Waals surface area contributed by atoms with Gasteiger partial charge in [0.15, 0.2) is 18.9 Å². The van der Waals surface area contributed by atoms with Crippen LogP contribution in [0.3, 0.4) is 0 Å². The Morgan fingerprint density at radius 3 is 1.02 bits per heavy atom. The van der Waals surface area contributed by atoms with Crippen LogP contribution >= 0.6 is 0 Å². The third-order valence-corrected chi connectivity index (χ3v) is 13.2. The average molecular weight is 639 g/mol. The molecule has 4 fully saturated rings. The summed E-state index contributed by atoms with van der Waals surface area (Å²) in [5, 5.41) is 0. The van der Waals surface area contributed by atoms with Gasteiger partial charge in [-0.3, -0.25) is 0 Å². The topological polar surface area (TPSA) is 64.6 Å². The molecule has 4 heterocycles. The summed E-state index contributed by atoms with van der Waals surface area (Å²) in [5.41, 5.74) is 0. The fraction of sp³-hybridized carbons (Fsp3) is 1.00. The molecule has 8 unspecified atom stereocenters. The largest absolute Gasteiger partial charge is 0.372 e. The summed E-state index contributed by atoms with van der Waals surface area (Å²) in [6, 6.07) is 0. The van der Waals surface area contributed by atoms with E-state index in [0.717, 1.165) is 25.7 Å². The summed E-state index contributed by atoms with van der Waals surface area (Å²) < 4.78 is 47.2. The monoisotopic (exact) mass is 639 g/mol. The molecule has 0 bridgehead atoms. The minimum Gasteiger partial charge on any atom is -0.372 e. The lowest BCUT2D eigenvalue weighted by Crippen LogP contribution is -2.59.